The predicted molar refractivity (Wildman–Crippen MR) is 146 cm³/mol. The molecule has 0 aliphatic carbocycles. The number of carbonyl (C=O) groups is 2. The smallest absolute Gasteiger partial charge is 0.222 e. The van der Waals surface area contributed by atoms with Gasteiger partial charge in [0.1, 0.15) is 0 Å². The lowest BCUT2D eigenvalue weighted by atomic mass is 10.3. The molecule has 13 heteroatoms. The zero-order valence-electron chi connectivity index (χ0n) is 24.3. The van der Waals surface area contributed by atoms with Gasteiger partial charge in [0.25, 0.3) is 0 Å². The molecule has 0 aliphatic heterocycles. The van der Waals surface area contributed by atoms with E-state index in [0.29, 0.717) is 119 Å². The first-order valence-corrected chi connectivity index (χ1v) is 14.0. The van der Waals surface area contributed by atoms with Crippen LogP contribution in [0.3, 0.4) is 0 Å². The summed E-state index contributed by atoms with van der Waals surface area (Å²) in [7, 11) is 1.81. The predicted octanol–water partition coefficient (Wildman–Crippen LogP) is -0.240. The van der Waals surface area contributed by atoms with Gasteiger partial charge in [0.15, 0.2) is 0 Å². The topological polar surface area (TPSA) is 144 Å². The Hall–Kier alpha value is -1.42. The highest BCUT2D eigenvalue weighted by atomic mass is 16.5. The molecule has 0 aromatic rings. The minimum Gasteiger partial charge on any atom is -0.379 e. The van der Waals surface area contributed by atoms with Crippen LogP contribution in [-0.4, -0.2) is 144 Å². The molecule has 0 unspecified atom stereocenters. The number of likely N-dealkylation sites (N-methyl/N-ethyl adjacent to an activating group) is 1. The minimum atomic E-state index is -0.0916. The summed E-state index contributed by atoms with van der Waals surface area (Å²) < 4.78 is 43.0. The Balaban J connectivity index is 3.50. The standard InChI is InChI=1S/C26H53N3O10/c1-4-32-14-16-36-20-18-34-12-8-28-25(30)6-10-38-22-24(27-3)23-39-11-7-26(31)29-9-13-35-19-21-37-17-15-33-5-2/h24,27H,4-23H2,1-3H3,(H,28,30)(H,29,31). The lowest BCUT2D eigenvalue weighted by molar-refractivity contribution is -0.123. The Morgan fingerprint density at radius 1 is 0.513 bits per heavy atom. The summed E-state index contributed by atoms with van der Waals surface area (Å²) in [6.45, 7) is 12.6. The molecule has 0 atom stereocenters. The largest absolute Gasteiger partial charge is 0.379 e. The van der Waals surface area contributed by atoms with Gasteiger partial charge >= 0.3 is 0 Å². The average molecular weight is 568 g/mol. The number of carbonyl (C=O) groups excluding carboxylic acids is 2. The molecule has 13 nitrogen and oxygen atoms in total. The Labute approximate surface area is 234 Å². The second kappa shape index (κ2) is 31.1. The van der Waals surface area contributed by atoms with Gasteiger partial charge in [-0.15, -0.1) is 0 Å². The van der Waals surface area contributed by atoms with Gasteiger partial charge in [-0.1, -0.05) is 0 Å². The highest BCUT2D eigenvalue weighted by Crippen LogP contribution is 1.93. The molecule has 39 heavy (non-hydrogen) atoms. The minimum absolute atomic E-state index is 0.0376. The fourth-order valence-electron chi connectivity index (χ4n) is 2.87. The number of hydrogen-bond donors (Lipinski definition) is 3. The van der Waals surface area contributed by atoms with Gasteiger partial charge in [-0.05, 0) is 20.9 Å². The van der Waals surface area contributed by atoms with Gasteiger partial charge in [-0.25, -0.2) is 0 Å². The molecule has 2 amide bonds. The molecule has 0 bridgehead atoms. The van der Waals surface area contributed by atoms with Crippen LogP contribution >= 0.6 is 0 Å². The maximum Gasteiger partial charge on any atom is 0.222 e. The van der Waals surface area contributed by atoms with Crippen molar-refractivity contribution in [2.75, 3.05) is 126 Å². The van der Waals surface area contributed by atoms with E-state index < -0.39 is 0 Å². The Morgan fingerprint density at radius 3 is 1.23 bits per heavy atom. The van der Waals surface area contributed by atoms with Crippen molar-refractivity contribution in [2.24, 2.45) is 0 Å². The van der Waals surface area contributed by atoms with Crippen LogP contribution in [0.4, 0.5) is 0 Å². The fraction of sp³-hybridized carbons (Fsp3) is 0.923. The Kier molecular flexibility index (Phi) is 30.0. The van der Waals surface area contributed by atoms with Gasteiger partial charge < -0.3 is 53.8 Å². The van der Waals surface area contributed by atoms with E-state index in [2.05, 4.69) is 16.0 Å². The van der Waals surface area contributed by atoms with Gasteiger partial charge in [-0.3, -0.25) is 9.59 Å². The van der Waals surface area contributed by atoms with Crippen molar-refractivity contribution < 1.29 is 47.5 Å². The summed E-state index contributed by atoms with van der Waals surface area (Å²) in [6.07, 6.45) is 0.533. The summed E-state index contributed by atoms with van der Waals surface area (Å²) in [4.78, 5) is 23.7. The first-order chi connectivity index (χ1) is 19.1. The molecule has 0 saturated heterocycles. The van der Waals surface area contributed by atoms with E-state index in [1.165, 1.54) is 0 Å². The van der Waals surface area contributed by atoms with Crippen molar-refractivity contribution in [3.05, 3.63) is 0 Å². The van der Waals surface area contributed by atoms with E-state index in [0.717, 1.165) is 0 Å². The molecule has 0 aromatic heterocycles. The van der Waals surface area contributed by atoms with Crippen LogP contribution in [0.5, 0.6) is 0 Å². The quantitative estimate of drug-likeness (QED) is 0.0955. The maximum absolute atomic E-state index is 11.9. The molecule has 0 aromatic carbocycles. The normalized spacial score (nSPS) is 11.3. The van der Waals surface area contributed by atoms with Crippen LogP contribution in [0.2, 0.25) is 0 Å². The second-order valence-electron chi connectivity index (χ2n) is 8.18. The molecule has 232 valence electrons. The van der Waals surface area contributed by atoms with E-state index in [1.54, 1.807) is 0 Å². The van der Waals surface area contributed by atoms with Crippen molar-refractivity contribution in [1.29, 1.82) is 0 Å². The first kappa shape index (κ1) is 37.6. The molecule has 3 N–H and O–H groups in total. The second-order valence-corrected chi connectivity index (χ2v) is 8.18. The van der Waals surface area contributed by atoms with Crippen LogP contribution in [0.1, 0.15) is 26.7 Å². The molecule has 0 rings (SSSR count). The zero-order valence-corrected chi connectivity index (χ0v) is 24.3. The third-order valence-corrected chi connectivity index (χ3v) is 5.03. The van der Waals surface area contributed by atoms with E-state index in [9.17, 15) is 9.59 Å². The SMILES string of the molecule is CCOCCOCCOCCNC(=O)CCOCC(COCCC(=O)NCCOCCOCCOCC)NC. The lowest BCUT2D eigenvalue weighted by Gasteiger charge is -2.16. The van der Waals surface area contributed by atoms with Gasteiger partial charge in [0.2, 0.25) is 11.8 Å². The highest BCUT2D eigenvalue weighted by Gasteiger charge is 2.09. The zero-order chi connectivity index (χ0) is 28.7. The summed E-state index contributed by atoms with van der Waals surface area (Å²) in [6, 6.07) is -0.0376. The van der Waals surface area contributed by atoms with Crippen LogP contribution in [-0.2, 0) is 47.5 Å². The molecular weight excluding hydrogens is 514 g/mol. The van der Waals surface area contributed by atoms with Crippen molar-refractivity contribution >= 4 is 11.8 Å². The number of ether oxygens (including phenoxy) is 8. The third kappa shape index (κ3) is 29.4. The summed E-state index contributed by atoms with van der Waals surface area (Å²) >= 11 is 0. The van der Waals surface area contributed by atoms with E-state index in [1.807, 2.05) is 20.9 Å². The van der Waals surface area contributed by atoms with E-state index >= 15 is 0 Å². The van der Waals surface area contributed by atoms with Crippen LogP contribution in [0.15, 0.2) is 0 Å². The number of rotatable bonds is 31. The van der Waals surface area contributed by atoms with E-state index in [4.69, 9.17) is 37.9 Å². The Bertz CT molecular complexity index is 502. The number of amides is 2. The molecule has 0 saturated carbocycles. The van der Waals surface area contributed by atoms with Gasteiger partial charge in [0, 0.05) is 39.1 Å². The van der Waals surface area contributed by atoms with Gasteiger partial charge in [-0.2, -0.15) is 0 Å². The van der Waals surface area contributed by atoms with Crippen LogP contribution in [0.25, 0.3) is 0 Å². The molecule has 0 radical (unpaired) electrons. The Morgan fingerprint density at radius 2 is 0.872 bits per heavy atom. The van der Waals surface area contributed by atoms with Gasteiger partial charge in [0.05, 0.1) is 98.5 Å². The highest BCUT2D eigenvalue weighted by molar-refractivity contribution is 5.76. The monoisotopic (exact) mass is 567 g/mol. The number of nitrogens with one attached hydrogen (secondary N) is 3. The van der Waals surface area contributed by atoms with Crippen molar-refractivity contribution in [3.63, 3.8) is 0 Å². The van der Waals surface area contributed by atoms with Crippen molar-refractivity contribution in [3.8, 4) is 0 Å². The molecule has 0 heterocycles. The number of hydrogen-bond acceptors (Lipinski definition) is 11. The van der Waals surface area contributed by atoms with Crippen LogP contribution < -0.4 is 16.0 Å². The first-order valence-electron chi connectivity index (χ1n) is 14.0. The summed E-state index contributed by atoms with van der Waals surface area (Å²) in [5.74, 6) is -0.183. The average Bonchev–Trinajstić information content (AvgIpc) is 2.94. The molecule has 0 aliphatic rings. The molecule has 0 fully saturated rings. The van der Waals surface area contributed by atoms with Crippen LogP contribution in [0, 0.1) is 0 Å². The van der Waals surface area contributed by atoms with Crippen molar-refractivity contribution in [2.45, 2.75) is 32.7 Å². The molecule has 0 spiro atoms. The molecular formula is C26H53N3O10. The third-order valence-electron chi connectivity index (χ3n) is 5.03. The van der Waals surface area contributed by atoms with Crippen molar-refractivity contribution in [1.82, 2.24) is 16.0 Å². The van der Waals surface area contributed by atoms with E-state index in [-0.39, 0.29) is 30.7 Å². The summed E-state index contributed by atoms with van der Waals surface area (Å²) in [5, 5.41) is 8.69. The fourth-order valence-corrected chi connectivity index (χ4v) is 2.87. The lowest BCUT2D eigenvalue weighted by Crippen LogP contribution is -2.36. The summed E-state index contributed by atoms with van der Waals surface area (Å²) in [5.41, 5.74) is 0. The maximum atomic E-state index is 11.9.